The maximum atomic E-state index is 12.5. The average Bonchev–Trinajstić information content (AvgIpc) is 2.71. The van der Waals surface area contributed by atoms with Gasteiger partial charge in [-0.1, -0.05) is 35.3 Å². The number of carbonyl (C=O) groups is 3. The first kappa shape index (κ1) is 23.1. The van der Waals surface area contributed by atoms with Gasteiger partial charge < -0.3 is 15.4 Å². The second-order valence-electron chi connectivity index (χ2n) is 5.95. The van der Waals surface area contributed by atoms with Crippen molar-refractivity contribution in [2.24, 2.45) is 0 Å². The molecule has 2 amide bonds. The standard InChI is InChI=1S/C20H20Cl2N2O4S/c1-29-11-10-17(24-19(26)15-4-2-3-5-16(15)22)20(27)28-12-18(25)23-14-8-6-13(21)7-9-14/h2-9,17H,10-12H2,1H3,(H,23,25)(H,24,26). The summed E-state index contributed by atoms with van der Waals surface area (Å²) in [6.45, 7) is -0.473. The van der Waals surface area contributed by atoms with Crippen LogP contribution in [0.25, 0.3) is 0 Å². The lowest BCUT2D eigenvalue weighted by molar-refractivity contribution is -0.149. The van der Waals surface area contributed by atoms with Gasteiger partial charge in [0.15, 0.2) is 6.61 Å². The van der Waals surface area contributed by atoms with E-state index in [0.717, 1.165) is 0 Å². The minimum atomic E-state index is -0.894. The van der Waals surface area contributed by atoms with Crippen molar-refractivity contribution in [3.8, 4) is 0 Å². The van der Waals surface area contributed by atoms with Crippen LogP contribution >= 0.6 is 35.0 Å². The molecule has 2 aromatic carbocycles. The number of hydrogen-bond donors (Lipinski definition) is 2. The van der Waals surface area contributed by atoms with Gasteiger partial charge in [0.2, 0.25) is 0 Å². The van der Waals surface area contributed by atoms with Crippen molar-refractivity contribution >= 4 is 58.4 Å². The number of benzene rings is 2. The van der Waals surface area contributed by atoms with Crippen LogP contribution < -0.4 is 10.6 Å². The summed E-state index contributed by atoms with van der Waals surface area (Å²) in [5.74, 6) is -1.05. The number of halogens is 2. The summed E-state index contributed by atoms with van der Waals surface area (Å²) >= 11 is 13.4. The Kier molecular flexibility index (Phi) is 9.31. The summed E-state index contributed by atoms with van der Waals surface area (Å²) in [7, 11) is 0. The zero-order chi connectivity index (χ0) is 21.2. The summed E-state index contributed by atoms with van der Waals surface area (Å²) in [6, 6.07) is 12.2. The predicted molar refractivity (Wildman–Crippen MR) is 117 cm³/mol. The van der Waals surface area contributed by atoms with Crippen LogP contribution in [0.2, 0.25) is 10.0 Å². The Morgan fingerprint density at radius 3 is 2.41 bits per heavy atom. The molecule has 0 aliphatic heterocycles. The Labute approximate surface area is 183 Å². The highest BCUT2D eigenvalue weighted by atomic mass is 35.5. The van der Waals surface area contributed by atoms with Crippen molar-refractivity contribution in [1.82, 2.24) is 5.32 Å². The zero-order valence-electron chi connectivity index (χ0n) is 15.6. The number of hydrogen-bond acceptors (Lipinski definition) is 5. The second-order valence-corrected chi connectivity index (χ2v) is 7.78. The van der Waals surface area contributed by atoms with Crippen LogP contribution in [0.3, 0.4) is 0 Å². The summed E-state index contributed by atoms with van der Waals surface area (Å²) < 4.78 is 5.09. The van der Waals surface area contributed by atoms with Gasteiger partial charge in [0.1, 0.15) is 6.04 Å². The molecule has 154 valence electrons. The maximum Gasteiger partial charge on any atom is 0.329 e. The molecular weight excluding hydrogens is 435 g/mol. The highest BCUT2D eigenvalue weighted by Crippen LogP contribution is 2.16. The van der Waals surface area contributed by atoms with Gasteiger partial charge in [-0.3, -0.25) is 9.59 Å². The summed E-state index contributed by atoms with van der Waals surface area (Å²) in [5, 5.41) is 6.05. The van der Waals surface area contributed by atoms with Crippen LogP contribution in [-0.2, 0) is 14.3 Å². The van der Waals surface area contributed by atoms with E-state index in [1.165, 1.54) is 11.8 Å². The first-order valence-corrected chi connectivity index (χ1v) is 10.8. The van der Waals surface area contributed by atoms with E-state index in [0.29, 0.717) is 22.9 Å². The molecule has 2 aromatic rings. The van der Waals surface area contributed by atoms with Crippen molar-refractivity contribution in [3.05, 3.63) is 64.1 Å². The van der Waals surface area contributed by atoms with Crippen molar-refractivity contribution in [1.29, 1.82) is 0 Å². The highest BCUT2D eigenvalue weighted by Gasteiger charge is 2.24. The van der Waals surface area contributed by atoms with Gasteiger partial charge in [-0.2, -0.15) is 11.8 Å². The van der Waals surface area contributed by atoms with E-state index in [9.17, 15) is 14.4 Å². The van der Waals surface area contributed by atoms with Crippen molar-refractivity contribution in [3.63, 3.8) is 0 Å². The molecule has 2 rings (SSSR count). The fourth-order valence-corrected chi connectivity index (χ4v) is 3.15. The minimum Gasteiger partial charge on any atom is -0.454 e. The van der Waals surface area contributed by atoms with E-state index in [1.807, 2.05) is 6.26 Å². The van der Waals surface area contributed by atoms with Crippen LogP contribution in [-0.4, -0.2) is 42.4 Å². The van der Waals surface area contributed by atoms with E-state index in [2.05, 4.69) is 10.6 Å². The van der Waals surface area contributed by atoms with Crippen LogP contribution in [0.4, 0.5) is 5.69 Å². The Hall–Kier alpha value is -2.22. The minimum absolute atomic E-state index is 0.261. The molecule has 0 aromatic heterocycles. The average molecular weight is 455 g/mol. The third-order valence-corrected chi connectivity index (χ3v) is 5.02. The number of amides is 2. The third kappa shape index (κ3) is 7.61. The molecule has 0 aliphatic carbocycles. The number of esters is 1. The lowest BCUT2D eigenvalue weighted by atomic mass is 10.1. The fraction of sp³-hybridized carbons (Fsp3) is 0.250. The van der Waals surface area contributed by atoms with Gasteiger partial charge in [0.25, 0.3) is 11.8 Å². The molecule has 9 heteroatoms. The van der Waals surface area contributed by atoms with Gasteiger partial charge in [0.05, 0.1) is 10.6 Å². The van der Waals surface area contributed by atoms with Gasteiger partial charge >= 0.3 is 5.97 Å². The number of nitrogens with one attached hydrogen (secondary N) is 2. The van der Waals surface area contributed by atoms with E-state index < -0.39 is 30.4 Å². The van der Waals surface area contributed by atoms with Crippen LogP contribution in [0.1, 0.15) is 16.8 Å². The van der Waals surface area contributed by atoms with Gasteiger partial charge in [-0.05, 0) is 54.8 Å². The maximum absolute atomic E-state index is 12.5. The van der Waals surface area contributed by atoms with E-state index in [4.69, 9.17) is 27.9 Å². The Bertz CT molecular complexity index is 862. The van der Waals surface area contributed by atoms with E-state index in [1.54, 1.807) is 48.5 Å². The van der Waals surface area contributed by atoms with Crippen molar-refractivity contribution < 1.29 is 19.1 Å². The quantitative estimate of drug-likeness (QED) is 0.558. The molecule has 0 saturated carbocycles. The highest BCUT2D eigenvalue weighted by molar-refractivity contribution is 7.98. The first-order valence-electron chi connectivity index (χ1n) is 8.67. The summed E-state index contributed by atoms with van der Waals surface area (Å²) in [6.07, 6.45) is 2.24. The van der Waals surface area contributed by atoms with Gasteiger partial charge in [-0.25, -0.2) is 4.79 Å². The smallest absolute Gasteiger partial charge is 0.329 e. The van der Waals surface area contributed by atoms with Gasteiger partial charge in [0, 0.05) is 10.7 Å². The molecule has 0 saturated heterocycles. The lowest BCUT2D eigenvalue weighted by Gasteiger charge is -2.17. The Balaban J connectivity index is 1.93. The number of thioether (sulfide) groups is 1. The predicted octanol–water partition coefficient (Wildman–Crippen LogP) is 4.03. The molecular formula is C20H20Cl2N2O4S. The Morgan fingerprint density at radius 2 is 1.76 bits per heavy atom. The largest absolute Gasteiger partial charge is 0.454 e. The number of rotatable bonds is 9. The lowest BCUT2D eigenvalue weighted by Crippen LogP contribution is -2.43. The normalized spacial score (nSPS) is 11.4. The molecule has 2 N–H and O–H groups in total. The topological polar surface area (TPSA) is 84.5 Å². The molecule has 0 spiro atoms. The molecule has 0 heterocycles. The molecule has 0 bridgehead atoms. The number of anilines is 1. The molecule has 1 unspecified atom stereocenters. The Morgan fingerprint density at radius 1 is 1.07 bits per heavy atom. The summed E-state index contributed by atoms with van der Waals surface area (Å²) in [5.41, 5.74) is 0.790. The number of ether oxygens (including phenoxy) is 1. The van der Waals surface area contributed by atoms with Crippen molar-refractivity contribution in [2.75, 3.05) is 23.9 Å². The van der Waals surface area contributed by atoms with E-state index >= 15 is 0 Å². The zero-order valence-corrected chi connectivity index (χ0v) is 17.9. The molecule has 6 nitrogen and oxygen atoms in total. The molecule has 0 fully saturated rings. The van der Waals surface area contributed by atoms with Crippen molar-refractivity contribution in [2.45, 2.75) is 12.5 Å². The third-order valence-electron chi connectivity index (χ3n) is 3.79. The second kappa shape index (κ2) is 11.7. The van der Waals surface area contributed by atoms with Crippen LogP contribution in [0, 0.1) is 0 Å². The number of carbonyl (C=O) groups excluding carboxylic acids is 3. The molecule has 0 radical (unpaired) electrons. The van der Waals surface area contributed by atoms with Gasteiger partial charge in [-0.15, -0.1) is 0 Å². The molecule has 0 aliphatic rings. The van der Waals surface area contributed by atoms with E-state index in [-0.39, 0.29) is 10.6 Å². The SMILES string of the molecule is CSCCC(NC(=O)c1ccccc1Cl)C(=O)OCC(=O)Nc1ccc(Cl)cc1. The molecule has 1 atom stereocenters. The van der Waals surface area contributed by atoms with Crippen LogP contribution in [0.15, 0.2) is 48.5 Å². The molecule has 29 heavy (non-hydrogen) atoms. The fourth-order valence-electron chi connectivity index (χ4n) is 2.33. The van der Waals surface area contributed by atoms with Crippen LogP contribution in [0.5, 0.6) is 0 Å². The first-order chi connectivity index (χ1) is 13.9. The summed E-state index contributed by atoms with van der Waals surface area (Å²) in [4.78, 5) is 36.9. The monoisotopic (exact) mass is 454 g/mol.